The predicted molar refractivity (Wildman–Crippen MR) is 116 cm³/mol. The molecule has 1 N–H and O–H groups in total. The molecule has 0 spiro atoms. The van der Waals surface area contributed by atoms with Gasteiger partial charge in [-0.2, -0.15) is 0 Å². The maximum absolute atomic E-state index is 13.4. The maximum Gasteiger partial charge on any atom is 0.336 e. The van der Waals surface area contributed by atoms with E-state index >= 15 is 0 Å². The second kappa shape index (κ2) is 9.14. The molecule has 0 fully saturated rings. The van der Waals surface area contributed by atoms with Crippen molar-refractivity contribution in [1.82, 2.24) is 5.32 Å². The lowest BCUT2D eigenvalue weighted by atomic mass is 9.68. The number of esters is 1. The first-order valence-corrected chi connectivity index (χ1v) is 10.3. The molecule has 1 unspecified atom stereocenters. The second-order valence-electron chi connectivity index (χ2n) is 8.64. The van der Waals surface area contributed by atoms with Gasteiger partial charge in [0.2, 0.25) is 0 Å². The average Bonchev–Trinajstić information content (AvgIpc) is 2.71. The zero-order valence-electron chi connectivity index (χ0n) is 19.1. The number of para-hydroxylation sites is 1. The van der Waals surface area contributed by atoms with Crippen LogP contribution in [-0.4, -0.2) is 46.3 Å². The van der Waals surface area contributed by atoms with E-state index in [4.69, 9.17) is 18.9 Å². The molecule has 1 aliphatic heterocycles. The van der Waals surface area contributed by atoms with Crippen LogP contribution in [0.2, 0.25) is 0 Å². The molecular weight excluding hydrogens is 398 g/mol. The first kappa shape index (κ1) is 22.9. The van der Waals surface area contributed by atoms with Gasteiger partial charge in [0, 0.05) is 36.1 Å². The number of Topliss-reactive ketones (excluding diaryl/α,β-unsaturated/α-hetero) is 1. The number of hydrogen-bond acceptors (Lipinski definition) is 7. The first-order valence-electron chi connectivity index (χ1n) is 10.3. The normalized spacial score (nSPS) is 20.2. The number of carbonyl (C=O) groups is 2. The van der Waals surface area contributed by atoms with Crippen LogP contribution in [0.5, 0.6) is 11.5 Å². The van der Waals surface area contributed by atoms with Crippen LogP contribution in [0.4, 0.5) is 0 Å². The summed E-state index contributed by atoms with van der Waals surface area (Å²) in [6, 6.07) is 5.49. The first-order chi connectivity index (χ1) is 14.7. The van der Waals surface area contributed by atoms with Gasteiger partial charge in [-0.1, -0.05) is 26.0 Å². The number of carbonyl (C=O) groups excluding carboxylic acids is 2. The SMILES string of the molecule is COCCOC(=O)C1=C(C)NC2=C(C(=O)CC(C)(C)C2)C1c1cccc(OC)c1OC. The van der Waals surface area contributed by atoms with Crippen molar-refractivity contribution in [2.24, 2.45) is 5.41 Å². The van der Waals surface area contributed by atoms with Crippen molar-refractivity contribution in [2.75, 3.05) is 34.5 Å². The minimum Gasteiger partial charge on any atom is -0.493 e. The Morgan fingerprint density at radius 3 is 2.52 bits per heavy atom. The van der Waals surface area contributed by atoms with Gasteiger partial charge in [0.05, 0.1) is 32.3 Å². The lowest BCUT2D eigenvalue weighted by Gasteiger charge is -2.39. The molecule has 3 rings (SSSR count). The standard InChI is InChI=1S/C24H31NO6/c1-14-19(23(27)31-11-10-28-4)20(15-8-7-9-18(29-5)22(15)30-6)21-16(25-14)12-24(2,3)13-17(21)26/h7-9,20,25H,10-13H2,1-6H3. The van der Waals surface area contributed by atoms with E-state index in [-0.39, 0.29) is 17.8 Å². The molecule has 7 heteroatoms. The highest BCUT2D eigenvalue weighted by atomic mass is 16.6. The monoisotopic (exact) mass is 429 g/mol. The number of allylic oxidation sites excluding steroid dienone is 3. The summed E-state index contributed by atoms with van der Waals surface area (Å²) in [6.07, 6.45) is 1.11. The molecule has 0 aromatic heterocycles. The van der Waals surface area contributed by atoms with Crippen LogP contribution in [0.25, 0.3) is 0 Å². The number of methoxy groups -OCH3 is 3. The lowest BCUT2D eigenvalue weighted by Crippen LogP contribution is -2.39. The third kappa shape index (κ3) is 4.46. The van der Waals surface area contributed by atoms with E-state index in [1.165, 1.54) is 0 Å². The minimum absolute atomic E-state index is 0.0170. The van der Waals surface area contributed by atoms with E-state index in [2.05, 4.69) is 19.2 Å². The van der Waals surface area contributed by atoms with Crippen LogP contribution in [-0.2, 0) is 19.1 Å². The average molecular weight is 430 g/mol. The Kier molecular flexibility index (Phi) is 6.74. The number of hydrogen-bond donors (Lipinski definition) is 1. The van der Waals surface area contributed by atoms with Gasteiger partial charge in [0.1, 0.15) is 6.61 Å². The maximum atomic E-state index is 13.4. The van der Waals surface area contributed by atoms with Gasteiger partial charge in [0.25, 0.3) is 0 Å². The number of dihydropyridines is 1. The van der Waals surface area contributed by atoms with Gasteiger partial charge in [-0.25, -0.2) is 4.79 Å². The zero-order chi connectivity index (χ0) is 22.8. The van der Waals surface area contributed by atoms with Crippen LogP contribution in [0, 0.1) is 5.41 Å². The van der Waals surface area contributed by atoms with Crippen molar-refractivity contribution in [1.29, 1.82) is 0 Å². The Labute approximate surface area is 183 Å². The second-order valence-corrected chi connectivity index (χ2v) is 8.64. The topological polar surface area (TPSA) is 83.1 Å². The van der Waals surface area contributed by atoms with Crippen LogP contribution in [0.3, 0.4) is 0 Å². The number of benzene rings is 1. The van der Waals surface area contributed by atoms with E-state index in [1.54, 1.807) is 27.4 Å². The van der Waals surface area contributed by atoms with Gasteiger partial charge in [-0.15, -0.1) is 0 Å². The summed E-state index contributed by atoms with van der Waals surface area (Å²) in [5.41, 5.74) is 3.04. The quantitative estimate of drug-likeness (QED) is 0.525. The van der Waals surface area contributed by atoms with Gasteiger partial charge in [-0.05, 0) is 24.8 Å². The summed E-state index contributed by atoms with van der Waals surface area (Å²) >= 11 is 0. The van der Waals surface area contributed by atoms with Crippen molar-refractivity contribution in [2.45, 2.75) is 39.5 Å². The fraction of sp³-hybridized carbons (Fsp3) is 0.500. The fourth-order valence-corrected chi connectivity index (χ4v) is 4.45. The molecule has 7 nitrogen and oxygen atoms in total. The summed E-state index contributed by atoms with van der Waals surface area (Å²) in [5.74, 6) is -0.0465. The molecule has 1 heterocycles. The number of ketones is 1. The molecule has 168 valence electrons. The third-order valence-corrected chi connectivity index (χ3v) is 5.72. The molecule has 0 bridgehead atoms. The van der Waals surface area contributed by atoms with E-state index in [0.29, 0.717) is 53.4 Å². The number of ether oxygens (including phenoxy) is 4. The lowest BCUT2D eigenvalue weighted by molar-refractivity contribution is -0.140. The molecule has 2 aliphatic rings. The van der Waals surface area contributed by atoms with Crippen molar-refractivity contribution < 1.29 is 28.5 Å². The smallest absolute Gasteiger partial charge is 0.336 e. The highest BCUT2D eigenvalue weighted by Gasteiger charge is 2.44. The molecule has 0 amide bonds. The number of nitrogens with one attached hydrogen (secondary N) is 1. The van der Waals surface area contributed by atoms with Crippen LogP contribution < -0.4 is 14.8 Å². The molecule has 0 radical (unpaired) electrons. The van der Waals surface area contributed by atoms with Gasteiger partial charge < -0.3 is 24.3 Å². The number of rotatable bonds is 7. The highest BCUT2D eigenvalue weighted by Crippen LogP contribution is 2.50. The van der Waals surface area contributed by atoms with Crippen molar-refractivity contribution >= 4 is 11.8 Å². The Hall–Kier alpha value is -2.80. The molecule has 1 aromatic carbocycles. The Bertz CT molecular complexity index is 943. The van der Waals surface area contributed by atoms with Crippen molar-refractivity contribution in [3.8, 4) is 11.5 Å². The summed E-state index contributed by atoms with van der Waals surface area (Å²) in [7, 11) is 4.66. The molecule has 0 saturated carbocycles. The largest absolute Gasteiger partial charge is 0.493 e. The van der Waals surface area contributed by atoms with Crippen LogP contribution >= 0.6 is 0 Å². The molecule has 31 heavy (non-hydrogen) atoms. The summed E-state index contributed by atoms with van der Waals surface area (Å²) in [6.45, 7) is 6.40. The Morgan fingerprint density at radius 1 is 1.13 bits per heavy atom. The molecule has 1 aliphatic carbocycles. The Morgan fingerprint density at radius 2 is 1.87 bits per heavy atom. The molecule has 0 saturated heterocycles. The predicted octanol–water partition coefficient (Wildman–Crippen LogP) is 3.50. The molecule has 1 atom stereocenters. The molecular formula is C24H31NO6. The third-order valence-electron chi connectivity index (χ3n) is 5.72. The van der Waals surface area contributed by atoms with Crippen LogP contribution in [0.15, 0.2) is 40.7 Å². The van der Waals surface area contributed by atoms with Crippen molar-refractivity contribution in [3.05, 3.63) is 46.3 Å². The summed E-state index contributed by atoms with van der Waals surface area (Å²) in [5, 5.41) is 3.33. The zero-order valence-corrected chi connectivity index (χ0v) is 19.1. The van der Waals surface area contributed by atoms with E-state index in [1.807, 2.05) is 19.1 Å². The molecule has 1 aromatic rings. The van der Waals surface area contributed by atoms with E-state index in [0.717, 1.165) is 5.70 Å². The van der Waals surface area contributed by atoms with E-state index < -0.39 is 11.9 Å². The highest BCUT2D eigenvalue weighted by molar-refractivity contribution is 6.04. The minimum atomic E-state index is -0.611. The van der Waals surface area contributed by atoms with Crippen molar-refractivity contribution in [3.63, 3.8) is 0 Å². The van der Waals surface area contributed by atoms with Gasteiger partial charge in [0.15, 0.2) is 17.3 Å². The fourth-order valence-electron chi connectivity index (χ4n) is 4.45. The van der Waals surface area contributed by atoms with Gasteiger partial charge >= 0.3 is 5.97 Å². The Balaban J connectivity index is 2.19. The summed E-state index contributed by atoms with van der Waals surface area (Å²) < 4.78 is 21.6. The summed E-state index contributed by atoms with van der Waals surface area (Å²) in [4.78, 5) is 26.5. The van der Waals surface area contributed by atoms with Crippen LogP contribution in [0.1, 0.15) is 45.1 Å². The van der Waals surface area contributed by atoms with E-state index in [9.17, 15) is 9.59 Å². The van der Waals surface area contributed by atoms with Gasteiger partial charge in [-0.3, -0.25) is 4.79 Å².